The lowest BCUT2D eigenvalue weighted by Crippen LogP contribution is -2.51. The van der Waals surface area contributed by atoms with E-state index in [9.17, 15) is 4.79 Å². The Kier molecular flexibility index (Phi) is 6.29. The van der Waals surface area contributed by atoms with Gasteiger partial charge in [0.1, 0.15) is 0 Å². The highest BCUT2D eigenvalue weighted by Crippen LogP contribution is 2.11. The van der Waals surface area contributed by atoms with E-state index < -0.39 is 0 Å². The number of rotatable bonds is 6. The summed E-state index contributed by atoms with van der Waals surface area (Å²) in [6.45, 7) is 2.56. The molecule has 0 aromatic carbocycles. The van der Waals surface area contributed by atoms with E-state index in [1.165, 1.54) is 0 Å². The smallest absolute Gasteiger partial charge is 0.240 e. The van der Waals surface area contributed by atoms with Gasteiger partial charge in [0.15, 0.2) is 0 Å². The summed E-state index contributed by atoms with van der Waals surface area (Å²) in [5, 5.41) is 3.29. The number of carbonyl (C=O) groups is 1. The zero-order valence-corrected chi connectivity index (χ0v) is 12.6. The topological polar surface area (TPSA) is 54.5 Å². The zero-order valence-electron chi connectivity index (χ0n) is 11.7. The van der Waals surface area contributed by atoms with Gasteiger partial charge in [-0.1, -0.05) is 6.07 Å². The van der Waals surface area contributed by atoms with Crippen molar-refractivity contribution < 1.29 is 9.53 Å². The molecule has 5 nitrogen and oxygen atoms in total. The molecule has 0 spiro atoms. The molecule has 0 bridgehead atoms. The molecule has 1 N–H and O–H groups in total. The second kappa shape index (κ2) is 8.24. The quantitative estimate of drug-likeness (QED) is 0.840. The molecule has 1 aliphatic heterocycles. The zero-order chi connectivity index (χ0) is 14.2. The molecule has 0 radical (unpaired) electrons. The van der Waals surface area contributed by atoms with Gasteiger partial charge >= 0.3 is 0 Å². The Hall–Kier alpha value is -1.11. The predicted molar refractivity (Wildman–Crippen MR) is 80.6 cm³/mol. The van der Waals surface area contributed by atoms with Gasteiger partial charge < -0.3 is 15.0 Å². The van der Waals surface area contributed by atoms with Crippen molar-refractivity contribution in [3.8, 4) is 0 Å². The van der Waals surface area contributed by atoms with Crippen molar-refractivity contribution in [1.29, 1.82) is 0 Å². The van der Waals surface area contributed by atoms with Crippen LogP contribution in [0.2, 0.25) is 0 Å². The van der Waals surface area contributed by atoms with Crippen molar-refractivity contribution in [2.45, 2.75) is 12.6 Å². The second-order valence-electron chi connectivity index (χ2n) is 4.66. The molecule has 1 unspecified atom stereocenters. The maximum Gasteiger partial charge on any atom is 0.240 e. The van der Waals surface area contributed by atoms with Gasteiger partial charge in [0, 0.05) is 37.9 Å². The highest BCUT2D eigenvalue weighted by molar-refractivity contribution is 7.99. The average Bonchev–Trinajstić information content (AvgIpc) is 2.52. The number of methoxy groups -OCH3 is 1. The number of hydrogen-bond acceptors (Lipinski definition) is 5. The van der Waals surface area contributed by atoms with E-state index in [0.29, 0.717) is 19.7 Å². The molecular weight excluding hydrogens is 274 g/mol. The number of aromatic nitrogens is 1. The van der Waals surface area contributed by atoms with Crippen LogP contribution >= 0.6 is 11.8 Å². The van der Waals surface area contributed by atoms with Gasteiger partial charge in [0.2, 0.25) is 5.91 Å². The normalized spacial score (nSPS) is 18.8. The minimum atomic E-state index is -0.0886. The predicted octanol–water partition coefficient (Wildman–Crippen LogP) is 0.762. The number of amides is 1. The first-order valence-corrected chi connectivity index (χ1v) is 7.95. The first kappa shape index (κ1) is 15.3. The van der Waals surface area contributed by atoms with Gasteiger partial charge in [-0.05, 0) is 12.1 Å². The molecular formula is C14H21N3O2S. The summed E-state index contributed by atoms with van der Waals surface area (Å²) in [5.74, 6) is 2.05. The van der Waals surface area contributed by atoms with Crippen molar-refractivity contribution in [3.63, 3.8) is 0 Å². The Balaban J connectivity index is 2.00. The first-order chi connectivity index (χ1) is 9.81. The molecule has 1 saturated heterocycles. The lowest BCUT2D eigenvalue weighted by atomic mass is 10.2. The Bertz CT molecular complexity index is 410. The van der Waals surface area contributed by atoms with Gasteiger partial charge in [-0.3, -0.25) is 9.78 Å². The van der Waals surface area contributed by atoms with Gasteiger partial charge in [-0.15, -0.1) is 0 Å². The minimum absolute atomic E-state index is 0.0886. The van der Waals surface area contributed by atoms with Crippen LogP contribution in [0.4, 0.5) is 0 Å². The number of ether oxygens (including phenoxy) is 1. The number of hydrogen-bond donors (Lipinski definition) is 1. The van der Waals surface area contributed by atoms with E-state index in [2.05, 4.69) is 10.3 Å². The van der Waals surface area contributed by atoms with Gasteiger partial charge in [-0.2, -0.15) is 11.8 Å². The molecule has 2 rings (SSSR count). The second-order valence-corrected chi connectivity index (χ2v) is 5.81. The van der Waals surface area contributed by atoms with Gasteiger partial charge in [0.05, 0.1) is 24.9 Å². The molecule has 1 amide bonds. The van der Waals surface area contributed by atoms with E-state index in [4.69, 9.17) is 4.74 Å². The summed E-state index contributed by atoms with van der Waals surface area (Å²) in [6, 6.07) is 5.67. The highest BCUT2D eigenvalue weighted by Gasteiger charge is 2.26. The molecule has 1 aromatic rings. The molecule has 0 aliphatic carbocycles. The number of nitrogens with zero attached hydrogens (tertiary/aromatic N) is 2. The van der Waals surface area contributed by atoms with Crippen LogP contribution in [0.25, 0.3) is 0 Å². The van der Waals surface area contributed by atoms with Crippen molar-refractivity contribution in [2.75, 3.05) is 38.3 Å². The van der Waals surface area contributed by atoms with Gasteiger partial charge in [-0.25, -0.2) is 0 Å². The van der Waals surface area contributed by atoms with E-state index >= 15 is 0 Å². The third-order valence-electron chi connectivity index (χ3n) is 3.18. The number of carbonyl (C=O) groups excluding carboxylic acids is 1. The SMILES string of the molecule is COCCN(Cc1ccccn1)C(=O)C1CSCCN1. The summed E-state index contributed by atoms with van der Waals surface area (Å²) < 4.78 is 5.11. The summed E-state index contributed by atoms with van der Waals surface area (Å²) in [5.41, 5.74) is 0.903. The van der Waals surface area contributed by atoms with Crippen LogP contribution in [0.15, 0.2) is 24.4 Å². The molecule has 1 aliphatic rings. The molecule has 1 atom stereocenters. The lowest BCUT2D eigenvalue weighted by Gasteiger charge is -2.29. The van der Waals surface area contributed by atoms with Crippen LogP contribution in [0.3, 0.4) is 0 Å². The van der Waals surface area contributed by atoms with Crippen LogP contribution in [0.1, 0.15) is 5.69 Å². The molecule has 2 heterocycles. The minimum Gasteiger partial charge on any atom is -0.383 e. The Labute approximate surface area is 124 Å². The molecule has 6 heteroatoms. The maximum atomic E-state index is 12.6. The number of thioether (sulfide) groups is 1. The van der Waals surface area contributed by atoms with E-state index in [0.717, 1.165) is 23.7 Å². The fourth-order valence-corrected chi connectivity index (χ4v) is 3.03. The first-order valence-electron chi connectivity index (χ1n) is 6.80. The molecule has 1 aromatic heterocycles. The fraction of sp³-hybridized carbons (Fsp3) is 0.571. The van der Waals surface area contributed by atoms with E-state index in [1.54, 1.807) is 13.3 Å². The largest absolute Gasteiger partial charge is 0.383 e. The van der Waals surface area contributed by atoms with Crippen LogP contribution < -0.4 is 5.32 Å². The summed E-state index contributed by atoms with van der Waals surface area (Å²) >= 11 is 1.82. The number of pyridine rings is 1. The number of nitrogens with one attached hydrogen (secondary N) is 1. The van der Waals surface area contributed by atoms with Crippen LogP contribution in [-0.4, -0.2) is 60.1 Å². The fourth-order valence-electron chi connectivity index (χ4n) is 2.10. The Morgan fingerprint density at radius 1 is 1.60 bits per heavy atom. The monoisotopic (exact) mass is 295 g/mol. The molecule has 20 heavy (non-hydrogen) atoms. The maximum absolute atomic E-state index is 12.6. The van der Waals surface area contributed by atoms with E-state index in [1.807, 2.05) is 34.9 Å². The average molecular weight is 295 g/mol. The van der Waals surface area contributed by atoms with Crippen molar-refractivity contribution >= 4 is 17.7 Å². The Morgan fingerprint density at radius 2 is 2.50 bits per heavy atom. The summed E-state index contributed by atoms with van der Waals surface area (Å²) in [4.78, 5) is 18.7. The third-order valence-corrected chi connectivity index (χ3v) is 4.24. The molecule has 1 fully saturated rings. The van der Waals surface area contributed by atoms with Crippen LogP contribution in [-0.2, 0) is 16.1 Å². The van der Waals surface area contributed by atoms with Gasteiger partial charge in [0.25, 0.3) is 0 Å². The van der Waals surface area contributed by atoms with Crippen LogP contribution in [0.5, 0.6) is 0 Å². The van der Waals surface area contributed by atoms with Crippen molar-refractivity contribution in [3.05, 3.63) is 30.1 Å². The van der Waals surface area contributed by atoms with Crippen molar-refractivity contribution in [1.82, 2.24) is 15.2 Å². The van der Waals surface area contributed by atoms with E-state index in [-0.39, 0.29) is 11.9 Å². The lowest BCUT2D eigenvalue weighted by molar-refractivity contribution is -0.134. The molecule has 110 valence electrons. The summed E-state index contributed by atoms with van der Waals surface area (Å²) in [6.07, 6.45) is 1.75. The Morgan fingerprint density at radius 3 is 3.15 bits per heavy atom. The molecule has 0 saturated carbocycles. The third kappa shape index (κ3) is 4.47. The van der Waals surface area contributed by atoms with Crippen LogP contribution in [0, 0.1) is 0 Å². The highest BCUT2D eigenvalue weighted by atomic mass is 32.2. The van der Waals surface area contributed by atoms with Crippen molar-refractivity contribution in [2.24, 2.45) is 0 Å². The standard InChI is InChI=1S/C14H21N3O2S/c1-19-8-7-17(10-12-4-2-3-5-15-12)14(18)13-11-20-9-6-16-13/h2-5,13,16H,6-11H2,1H3. The summed E-state index contributed by atoms with van der Waals surface area (Å²) in [7, 11) is 1.65.